The Balaban J connectivity index is 1.47. The van der Waals surface area contributed by atoms with Crippen molar-refractivity contribution in [2.24, 2.45) is 0 Å². The van der Waals surface area contributed by atoms with Crippen molar-refractivity contribution in [1.82, 2.24) is 20.2 Å². The van der Waals surface area contributed by atoms with E-state index in [1.54, 1.807) is 10.9 Å². The van der Waals surface area contributed by atoms with Crippen LogP contribution in [-0.2, 0) is 17.8 Å². The number of carbonyl (C=O) groups excluding carboxylic acids is 1. The maximum Gasteiger partial charge on any atom is 0.240 e. The highest BCUT2D eigenvalue weighted by Gasteiger charge is 2.29. The van der Waals surface area contributed by atoms with Gasteiger partial charge in [0.05, 0.1) is 11.5 Å². The van der Waals surface area contributed by atoms with E-state index in [4.69, 9.17) is 4.42 Å². The number of thioether (sulfide) groups is 1. The molecule has 3 heterocycles. The first-order valence-electron chi connectivity index (χ1n) is 8.07. The highest BCUT2D eigenvalue weighted by atomic mass is 32.2. The second-order valence-corrected chi connectivity index (χ2v) is 7.14. The molecule has 0 bridgehead atoms. The molecule has 0 N–H and O–H groups in total. The lowest BCUT2D eigenvalue weighted by atomic mass is 10.2. The minimum Gasteiger partial charge on any atom is -0.467 e. The van der Waals surface area contributed by atoms with E-state index in [1.165, 1.54) is 17.3 Å². The Kier molecular flexibility index (Phi) is 4.27. The quantitative estimate of drug-likeness (QED) is 0.654. The number of amides is 1. The van der Waals surface area contributed by atoms with E-state index in [1.807, 2.05) is 42.2 Å². The molecule has 8 heteroatoms. The summed E-state index contributed by atoms with van der Waals surface area (Å²) in [5.41, 5.74) is 2.23. The first-order chi connectivity index (χ1) is 12.2. The molecule has 0 fully saturated rings. The number of fused-ring (bicyclic) bond motifs is 1. The van der Waals surface area contributed by atoms with Crippen LogP contribution in [0.4, 0.5) is 5.69 Å². The average Bonchev–Trinajstić information content (AvgIpc) is 3.36. The van der Waals surface area contributed by atoms with Gasteiger partial charge in [0.15, 0.2) is 0 Å². The number of aromatic nitrogens is 4. The van der Waals surface area contributed by atoms with Crippen LogP contribution in [0.3, 0.4) is 0 Å². The second kappa shape index (κ2) is 6.72. The molecule has 3 aromatic rings. The minimum absolute atomic E-state index is 0.0718. The predicted molar refractivity (Wildman–Crippen MR) is 93.4 cm³/mol. The summed E-state index contributed by atoms with van der Waals surface area (Å²) in [5, 5.41) is 12.1. The zero-order valence-corrected chi connectivity index (χ0v) is 14.5. The summed E-state index contributed by atoms with van der Waals surface area (Å²) in [4.78, 5) is 14.7. The topological polar surface area (TPSA) is 77.0 Å². The van der Waals surface area contributed by atoms with E-state index in [0.717, 1.165) is 24.4 Å². The molecule has 7 nitrogen and oxygen atoms in total. The molecule has 2 aromatic heterocycles. The van der Waals surface area contributed by atoms with Crippen LogP contribution in [-0.4, -0.2) is 37.9 Å². The number of para-hydroxylation sites is 1. The highest BCUT2D eigenvalue weighted by Crippen LogP contribution is 2.31. The Morgan fingerprint density at radius 3 is 3.04 bits per heavy atom. The summed E-state index contributed by atoms with van der Waals surface area (Å²) in [5.74, 6) is 0.837. The van der Waals surface area contributed by atoms with Gasteiger partial charge in [0.25, 0.3) is 0 Å². The number of furan rings is 1. The Morgan fingerprint density at radius 1 is 1.32 bits per heavy atom. The molecule has 25 heavy (non-hydrogen) atoms. The van der Waals surface area contributed by atoms with Gasteiger partial charge in [0.1, 0.15) is 12.3 Å². The third kappa shape index (κ3) is 3.17. The van der Waals surface area contributed by atoms with Crippen molar-refractivity contribution >= 4 is 23.4 Å². The lowest BCUT2D eigenvalue weighted by Gasteiger charge is -2.21. The normalized spacial score (nSPS) is 14.5. The fraction of sp³-hybridized carbons (Fsp3) is 0.294. The smallest absolute Gasteiger partial charge is 0.240 e. The Hall–Kier alpha value is -2.61. The number of nitrogens with zero attached hydrogens (tertiary/aromatic N) is 5. The number of anilines is 1. The number of hydrogen-bond acceptors (Lipinski definition) is 6. The lowest BCUT2D eigenvalue weighted by molar-refractivity contribution is -0.117. The fourth-order valence-electron chi connectivity index (χ4n) is 2.93. The maximum absolute atomic E-state index is 12.9. The summed E-state index contributed by atoms with van der Waals surface area (Å²) in [6.07, 6.45) is 2.51. The summed E-state index contributed by atoms with van der Waals surface area (Å²) < 4.78 is 6.98. The van der Waals surface area contributed by atoms with Gasteiger partial charge in [-0.05, 0) is 47.5 Å². The SMILES string of the molecule is C[C@@H](Sc1nnnn1Cc1ccco1)C(=O)N1CCc2ccccc21. The van der Waals surface area contributed by atoms with Crippen molar-refractivity contribution in [3.05, 3.63) is 54.0 Å². The van der Waals surface area contributed by atoms with Gasteiger partial charge >= 0.3 is 0 Å². The molecule has 1 aliphatic rings. The highest BCUT2D eigenvalue weighted by molar-refractivity contribution is 8.00. The largest absolute Gasteiger partial charge is 0.467 e. The summed E-state index contributed by atoms with van der Waals surface area (Å²) in [6.45, 7) is 3.05. The second-order valence-electron chi connectivity index (χ2n) is 5.83. The molecule has 1 amide bonds. The standard InChI is InChI=1S/C17H17N5O2S/c1-12(16(23)21-9-8-13-5-2-3-7-15(13)21)25-17-18-19-20-22(17)11-14-6-4-10-24-14/h2-7,10,12H,8-9,11H2,1H3/t12-/m1/s1. The van der Waals surface area contributed by atoms with Crippen LogP contribution >= 0.6 is 11.8 Å². The van der Waals surface area contributed by atoms with Gasteiger partial charge in [0.2, 0.25) is 11.1 Å². The van der Waals surface area contributed by atoms with Gasteiger partial charge in [0, 0.05) is 12.2 Å². The molecule has 0 radical (unpaired) electrons. The summed E-state index contributed by atoms with van der Waals surface area (Å²) in [6, 6.07) is 11.7. The fourth-order valence-corrected chi connectivity index (χ4v) is 3.78. The van der Waals surface area contributed by atoms with Crippen molar-refractivity contribution in [3.8, 4) is 0 Å². The van der Waals surface area contributed by atoms with Crippen LogP contribution in [0.1, 0.15) is 18.2 Å². The van der Waals surface area contributed by atoms with Crippen LogP contribution in [0.5, 0.6) is 0 Å². The Morgan fingerprint density at radius 2 is 2.20 bits per heavy atom. The molecule has 1 aromatic carbocycles. The third-order valence-corrected chi connectivity index (χ3v) is 5.23. The van der Waals surface area contributed by atoms with E-state index < -0.39 is 0 Å². The molecule has 128 valence electrons. The van der Waals surface area contributed by atoms with Gasteiger partial charge in [-0.2, -0.15) is 0 Å². The molecule has 0 aliphatic carbocycles. The molecule has 0 saturated heterocycles. The monoisotopic (exact) mass is 355 g/mol. The summed E-state index contributed by atoms with van der Waals surface area (Å²) >= 11 is 1.36. The zero-order chi connectivity index (χ0) is 17.2. The molecule has 0 unspecified atom stereocenters. The third-order valence-electron chi connectivity index (χ3n) is 4.17. The molecule has 1 aliphatic heterocycles. The lowest BCUT2D eigenvalue weighted by Crippen LogP contribution is -2.35. The van der Waals surface area contributed by atoms with Crippen molar-refractivity contribution in [3.63, 3.8) is 0 Å². The Labute approximate surface area is 149 Å². The van der Waals surface area contributed by atoms with E-state index in [0.29, 0.717) is 11.7 Å². The van der Waals surface area contributed by atoms with Gasteiger partial charge < -0.3 is 9.32 Å². The van der Waals surface area contributed by atoms with Gasteiger partial charge in [-0.15, -0.1) is 5.10 Å². The number of carbonyl (C=O) groups is 1. The van der Waals surface area contributed by atoms with Crippen molar-refractivity contribution in [1.29, 1.82) is 0 Å². The van der Waals surface area contributed by atoms with Gasteiger partial charge in [-0.3, -0.25) is 4.79 Å². The summed E-state index contributed by atoms with van der Waals surface area (Å²) in [7, 11) is 0. The number of rotatable bonds is 5. The van der Waals surface area contributed by atoms with Gasteiger partial charge in [-0.25, -0.2) is 4.68 Å². The molecule has 0 saturated carbocycles. The molecular weight excluding hydrogens is 338 g/mol. The van der Waals surface area contributed by atoms with Gasteiger partial charge in [-0.1, -0.05) is 30.0 Å². The first-order valence-corrected chi connectivity index (χ1v) is 8.95. The first kappa shape index (κ1) is 15.9. The van der Waals surface area contributed by atoms with Crippen LogP contribution in [0.25, 0.3) is 0 Å². The van der Waals surface area contributed by atoms with Crippen molar-refractivity contribution < 1.29 is 9.21 Å². The van der Waals surface area contributed by atoms with Crippen LogP contribution in [0, 0.1) is 0 Å². The molecule has 0 spiro atoms. The van der Waals surface area contributed by atoms with Crippen molar-refractivity contribution in [2.45, 2.75) is 30.3 Å². The molecule has 4 rings (SSSR count). The number of tetrazole rings is 1. The van der Waals surface area contributed by atoms with Crippen LogP contribution in [0.15, 0.2) is 52.2 Å². The predicted octanol–water partition coefficient (Wildman–Crippen LogP) is 2.38. The molecule has 1 atom stereocenters. The number of benzene rings is 1. The zero-order valence-electron chi connectivity index (χ0n) is 13.7. The molecular formula is C17H17N5O2S. The van der Waals surface area contributed by atoms with E-state index >= 15 is 0 Å². The van der Waals surface area contributed by atoms with E-state index in [2.05, 4.69) is 21.6 Å². The Bertz CT molecular complexity index is 877. The average molecular weight is 355 g/mol. The maximum atomic E-state index is 12.9. The van der Waals surface area contributed by atoms with Crippen LogP contribution < -0.4 is 4.90 Å². The van der Waals surface area contributed by atoms with Crippen molar-refractivity contribution in [2.75, 3.05) is 11.4 Å². The van der Waals surface area contributed by atoms with Crippen LogP contribution in [0.2, 0.25) is 0 Å². The van der Waals surface area contributed by atoms with E-state index in [-0.39, 0.29) is 11.2 Å². The minimum atomic E-state index is -0.285. The van der Waals surface area contributed by atoms with E-state index in [9.17, 15) is 4.79 Å². The number of hydrogen-bond donors (Lipinski definition) is 0.